The third-order valence-corrected chi connectivity index (χ3v) is 8.28. The normalized spacial score (nSPS) is 24.1. The highest BCUT2D eigenvalue weighted by Crippen LogP contribution is 2.44. The van der Waals surface area contributed by atoms with Crippen molar-refractivity contribution >= 4 is 23.9 Å². The third kappa shape index (κ3) is 7.03. The summed E-state index contributed by atoms with van der Waals surface area (Å²) in [5.41, 5.74) is 5.16. The number of hydrogen-bond donors (Lipinski definition) is 3. The van der Waals surface area contributed by atoms with Crippen molar-refractivity contribution in [2.45, 2.75) is 69.9 Å². The molecule has 1 aliphatic heterocycles. The molecule has 4 N–H and O–H groups in total. The minimum Gasteiger partial charge on any atom is -0.491 e. The number of likely N-dealkylation sites (tertiary alicyclic amines) is 1. The van der Waals surface area contributed by atoms with Crippen LogP contribution in [0.15, 0.2) is 54.6 Å². The van der Waals surface area contributed by atoms with E-state index in [0.29, 0.717) is 38.1 Å². The number of alkyl carbamates (subject to hydrolysis) is 1. The molecule has 0 spiro atoms. The fourth-order valence-corrected chi connectivity index (χ4v) is 6.14. The van der Waals surface area contributed by atoms with Crippen LogP contribution in [-0.2, 0) is 14.3 Å². The highest BCUT2D eigenvalue weighted by molar-refractivity contribution is 5.93. The first kappa shape index (κ1) is 30.9. The van der Waals surface area contributed by atoms with Gasteiger partial charge in [-0.2, -0.15) is 0 Å². The van der Waals surface area contributed by atoms with Crippen molar-refractivity contribution in [1.82, 2.24) is 10.2 Å². The van der Waals surface area contributed by atoms with E-state index in [1.54, 1.807) is 4.90 Å². The van der Waals surface area contributed by atoms with Crippen LogP contribution < -0.4 is 15.8 Å². The first-order chi connectivity index (χ1) is 19.9. The van der Waals surface area contributed by atoms with E-state index >= 15 is 0 Å². The van der Waals surface area contributed by atoms with Gasteiger partial charge in [-0.25, -0.2) is 9.59 Å². The molecule has 10 nitrogen and oxygen atoms in total. The molecule has 0 bridgehead atoms. The van der Waals surface area contributed by atoms with Gasteiger partial charge in [0.05, 0.1) is 5.56 Å². The number of carbonyl (C=O) groups is 4. The van der Waals surface area contributed by atoms with Crippen LogP contribution in [0.5, 0.6) is 5.75 Å². The molecule has 1 aliphatic carbocycles. The molecule has 226 valence electrons. The van der Waals surface area contributed by atoms with E-state index in [1.165, 1.54) is 24.3 Å². The summed E-state index contributed by atoms with van der Waals surface area (Å²) in [5.74, 6) is -1.84. The van der Waals surface area contributed by atoms with E-state index < -0.39 is 29.1 Å². The second-order valence-electron chi connectivity index (χ2n) is 12.2. The van der Waals surface area contributed by atoms with Crippen molar-refractivity contribution in [2.75, 3.05) is 19.7 Å². The maximum absolute atomic E-state index is 14.1. The number of nitrogens with one attached hydrogen (secondary N) is 1. The van der Waals surface area contributed by atoms with Crippen LogP contribution in [0.25, 0.3) is 0 Å². The number of rotatable bonds is 9. The van der Waals surface area contributed by atoms with Gasteiger partial charge in [0.1, 0.15) is 18.0 Å². The number of hydrogen-bond acceptors (Lipinski definition) is 6. The van der Waals surface area contributed by atoms with Gasteiger partial charge in [0.2, 0.25) is 11.8 Å². The van der Waals surface area contributed by atoms with Crippen LogP contribution in [0.1, 0.15) is 74.7 Å². The topological polar surface area (TPSA) is 148 Å². The number of carbonyl (C=O) groups excluding carboxylic acids is 3. The predicted molar refractivity (Wildman–Crippen MR) is 156 cm³/mol. The largest absolute Gasteiger partial charge is 0.491 e. The second kappa shape index (κ2) is 12.8. The number of nitrogens with zero attached hydrogens (tertiary/aromatic N) is 1. The minimum atomic E-state index is -1.42. The summed E-state index contributed by atoms with van der Waals surface area (Å²) < 4.78 is 11.4. The van der Waals surface area contributed by atoms with Crippen LogP contribution in [0, 0.1) is 11.8 Å². The Kier molecular flexibility index (Phi) is 9.43. The highest BCUT2D eigenvalue weighted by atomic mass is 16.6. The Hall–Kier alpha value is -4.08. The van der Waals surface area contributed by atoms with Gasteiger partial charge in [-0.3, -0.25) is 9.59 Å². The van der Waals surface area contributed by atoms with Crippen molar-refractivity contribution < 1.29 is 33.8 Å². The number of carboxylic acids is 1. The fourth-order valence-electron chi connectivity index (χ4n) is 6.14. The molecule has 2 aromatic rings. The Morgan fingerprint density at radius 3 is 2.19 bits per heavy atom. The maximum atomic E-state index is 14.1. The summed E-state index contributed by atoms with van der Waals surface area (Å²) in [7, 11) is 0. The van der Waals surface area contributed by atoms with Gasteiger partial charge in [0, 0.05) is 24.9 Å². The van der Waals surface area contributed by atoms with E-state index in [1.807, 2.05) is 51.1 Å². The molecule has 0 aromatic heterocycles. The Bertz CT molecular complexity index is 1270. The van der Waals surface area contributed by atoms with Crippen LogP contribution in [0.4, 0.5) is 4.79 Å². The quantitative estimate of drug-likeness (QED) is 0.400. The van der Waals surface area contributed by atoms with E-state index in [9.17, 15) is 24.3 Å². The van der Waals surface area contributed by atoms with Crippen LogP contribution in [-0.4, -0.2) is 64.7 Å². The molecule has 42 heavy (non-hydrogen) atoms. The van der Waals surface area contributed by atoms with Gasteiger partial charge in [-0.05, 0) is 88.6 Å². The fraction of sp³-hybridized carbons (Fsp3) is 0.500. The molecular weight excluding hydrogens is 538 g/mol. The molecule has 10 heteroatoms. The van der Waals surface area contributed by atoms with Gasteiger partial charge in [0.25, 0.3) is 0 Å². The zero-order chi connectivity index (χ0) is 30.5. The molecule has 2 atom stereocenters. The number of benzene rings is 2. The van der Waals surface area contributed by atoms with Gasteiger partial charge < -0.3 is 30.5 Å². The van der Waals surface area contributed by atoms with Crippen molar-refractivity contribution in [3.8, 4) is 5.75 Å². The highest BCUT2D eigenvalue weighted by Gasteiger charge is 2.57. The Morgan fingerprint density at radius 2 is 1.62 bits per heavy atom. The lowest BCUT2D eigenvalue weighted by atomic mass is 9.77. The predicted octanol–water partition coefficient (Wildman–Crippen LogP) is 4.33. The average Bonchev–Trinajstić information content (AvgIpc) is 3.35. The number of aromatic carboxylic acids is 1. The smallest absolute Gasteiger partial charge is 0.407 e. The van der Waals surface area contributed by atoms with Crippen molar-refractivity contribution in [1.29, 1.82) is 0 Å². The molecule has 2 fully saturated rings. The molecule has 0 radical (unpaired) electrons. The molecular formula is C32H41N3O7. The van der Waals surface area contributed by atoms with E-state index in [-0.39, 0.29) is 35.8 Å². The van der Waals surface area contributed by atoms with Gasteiger partial charge >= 0.3 is 12.1 Å². The van der Waals surface area contributed by atoms with Crippen molar-refractivity contribution in [2.24, 2.45) is 17.6 Å². The molecule has 1 saturated carbocycles. The molecule has 0 unspecified atom stereocenters. The molecule has 2 aromatic carbocycles. The number of nitrogens with two attached hydrogens (primary N) is 1. The second-order valence-corrected chi connectivity index (χ2v) is 12.2. The Balaban J connectivity index is 1.49. The zero-order valence-electron chi connectivity index (χ0n) is 24.5. The van der Waals surface area contributed by atoms with Gasteiger partial charge in [-0.15, -0.1) is 0 Å². The lowest BCUT2D eigenvalue weighted by Gasteiger charge is -2.41. The summed E-state index contributed by atoms with van der Waals surface area (Å²) in [6.07, 6.45) is 2.90. The van der Waals surface area contributed by atoms with Crippen LogP contribution in [0.2, 0.25) is 0 Å². The third-order valence-electron chi connectivity index (χ3n) is 8.28. The molecule has 2 aliphatic rings. The summed E-state index contributed by atoms with van der Waals surface area (Å²) in [6, 6.07) is 15.5. The SMILES string of the molecule is CC(C)(C)OC(=O)NCC1CCC(C(=O)N2CC[C@@H](c3ccccc3)[C@]2(COc2ccc(C(=O)O)cc2)C(N)=O)CC1. The summed E-state index contributed by atoms with van der Waals surface area (Å²) >= 11 is 0. The maximum Gasteiger partial charge on any atom is 0.407 e. The van der Waals surface area contributed by atoms with Crippen molar-refractivity contribution in [3.63, 3.8) is 0 Å². The van der Waals surface area contributed by atoms with Crippen molar-refractivity contribution in [3.05, 3.63) is 65.7 Å². The average molecular weight is 580 g/mol. The number of primary amides is 1. The molecule has 1 saturated heterocycles. The number of amides is 3. The Labute approximate surface area is 246 Å². The number of carboxylic acid groups (broad SMARTS) is 1. The summed E-state index contributed by atoms with van der Waals surface area (Å²) in [6.45, 7) is 6.14. The van der Waals surface area contributed by atoms with Gasteiger partial charge in [0.15, 0.2) is 5.54 Å². The summed E-state index contributed by atoms with van der Waals surface area (Å²) in [5, 5.41) is 12.0. The van der Waals surface area contributed by atoms with Gasteiger partial charge in [-0.1, -0.05) is 30.3 Å². The van der Waals surface area contributed by atoms with E-state index in [4.69, 9.17) is 15.2 Å². The standard InChI is InChI=1S/C32H41N3O7/c1-31(2,3)42-30(40)34-19-21-9-11-23(12-10-21)27(36)35-18-17-26(22-7-5-4-6-8-22)32(35,29(33)39)20-41-25-15-13-24(14-16-25)28(37)38/h4-8,13-16,21,23,26H,9-12,17-20H2,1-3H3,(H2,33,39)(H,34,40)(H,37,38)/t21?,23?,26-,32+/m0/s1. The Morgan fingerprint density at radius 1 is 0.976 bits per heavy atom. The zero-order valence-corrected chi connectivity index (χ0v) is 24.5. The van der Waals surface area contributed by atoms with E-state index in [2.05, 4.69) is 5.32 Å². The lowest BCUT2D eigenvalue weighted by molar-refractivity contribution is -0.150. The van der Waals surface area contributed by atoms with Crippen LogP contribution in [0.3, 0.4) is 0 Å². The molecule has 4 rings (SSSR count). The molecule has 3 amide bonds. The monoisotopic (exact) mass is 579 g/mol. The van der Waals surface area contributed by atoms with E-state index in [0.717, 1.165) is 18.4 Å². The lowest BCUT2D eigenvalue weighted by Crippen LogP contribution is -2.63. The minimum absolute atomic E-state index is 0.115. The first-order valence-corrected chi connectivity index (χ1v) is 14.5. The van der Waals surface area contributed by atoms with Crippen LogP contribution >= 0.6 is 0 Å². The first-order valence-electron chi connectivity index (χ1n) is 14.5. The summed E-state index contributed by atoms with van der Waals surface area (Å²) in [4.78, 5) is 52.4. The molecule has 1 heterocycles. The number of ether oxygens (including phenoxy) is 2.